The fraction of sp³-hybridized carbons (Fsp3) is 0.150. The molecule has 0 N–H and O–H groups in total. The minimum absolute atomic E-state index is 0.138. The molecule has 1 aliphatic rings. The number of rotatable bonds is 2. The van der Waals surface area contributed by atoms with Gasteiger partial charge < -0.3 is 4.90 Å². The van der Waals surface area contributed by atoms with Gasteiger partial charge in [0.1, 0.15) is 11.5 Å². The highest BCUT2D eigenvalue weighted by molar-refractivity contribution is 6.54. The van der Waals surface area contributed by atoms with Crippen molar-refractivity contribution in [2.75, 3.05) is 11.9 Å². The van der Waals surface area contributed by atoms with Crippen molar-refractivity contribution in [3.63, 3.8) is 0 Å². The molecule has 0 radical (unpaired) electrons. The van der Waals surface area contributed by atoms with Crippen molar-refractivity contribution in [3.05, 3.63) is 76.0 Å². The summed E-state index contributed by atoms with van der Waals surface area (Å²) in [7, 11) is 3.32. The fourth-order valence-corrected chi connectivity index (χ4v) is 3.27. The SMILES string of the molecule is Cc1c(N=C2C(=O)N(C)c3cc(F)ccc32)c(=O)n(-c2ccccc2)n1C. The molecule has 1 aliphatic heterocycles. The maximum atomic E-state index is 13.6. The normalized spacial score (nSPS) is 14.9. The monoisotopic (exact) mass is 364 g/mol. The number of aromatic nitrogens is 2. The first-order valence-corrected chi connectivity index (χ1v) is 8.41. The number of carbonyl (C=O) groups is 1. The van der Waals surface area contributed by atoms with Gasteiger partial charge in [-0.2, -0.15) is 0 Å². The van der Waals surface area contributed by atoms with E-state index in [2.05, 4.69) is 4.99 Å². The number of fused-ring (bicyclic) bond motifs is 1. The van der Waals surface area contributed by atoms with Crippen molar-refractivity contribution < 1.29 is 9.18 Å². The lowest BCUT2D eigenvalue weighted by Gasteiger charge is -2.08. The third kappa shape index (κ3) is 2.51. The van der Waals surface area contributed by atoms with Crippen molar-refractivity contribution in [1.29, 1.82) is 0 Å². The van der Waals surface area contributed by atoms with Crippen molar-refractivity contribution in [1.82, 2.24) is 9.36 Å². The Kier molecular flexibility index (Phi) is 3.80. The van der Waals surface area contributed by atoms with Gasteiger partial charge in [0.05, 0.1) is 17.1 Å². The zero-order chi connectivity index (χ0) is 19.3. The number of para-hydroxylation sites is 1. The second-order valence-electron chi connectivity index (χ2n) is 6.40. The van der Waals surface area contributed by atoms with Gasteiger partial charge in [-0.05, 0) is 37.3 Å². The Balaban J connectivity index is 1.92. The maximum Gasteiger partial charge on any atom is 0.297 e. The molecule has 3 aromatic rings. The lowest BCUT2D eigenvalue weighted by molar-refractivity contribution is -0.111. The van der Waals surface area contributed by atoms with E-state index in [0.29, 0.717) is 22.6 Å². The van der Waals surface area contributed by atoms with Crippen LogP contribution < -0.4 is 10.5 Å². The van der Waals surface area contributed by atoms with E-state index in [1.807, 2.05) is 30.3 Å². The molecule has 0 atom stereocenters. The van der Waals surface area contributed by atoms with Gasteiger partial charge in [-0.15, -0.1) is 0 Å². The van der Waals surface area contributed by atoms with E-state index in [4.69, 9.17) is 0 Å². The van der Waals surface area contributed by atoms with Gasteiger partial charge in [0.15, 0.2) is 5.69 Å². The molecule has 4 rings (SSSR count). The van der Waals surface area contributed by atoms with Crippen LogP contribution in [0.1, 0.15) is 11.3 Å². The molecule has 2 aromatic carbocycles. The molecule has 27 heavy (non-hydrogen) atoms. The van der Waals surface area contributed by atoms with Crippen LogP contribution in [0.2, 0.25) is 0 Å². The lowest BCUT2D eigenvalue weighted by atomic mass is 10.1. The van der Waals surface area contributed by atoms with Gasteiger partial charge in [0.2, 0.25) is 0 Å². The van der Waals surface area contributed by atoms with E-state index >= 15 is 0 Å². The lowest BCUT2D eigenvalue weighted by Crippen LogP contribution is -2.25. The van der Waals surface area contributed by atoms with Crippen molar-refractivity contribution in [3.8, 4) is 5.69 Å². The number of halogens is 1. The topological polar surface area (TPSA) is 59.6 Å². The summed E-state index contributed by atoms with van der Waals surface area (Å²) >= 11 is 0. The average molecular weight is 364 g/mol. The summed E-state index contributed by atoms with van der Waals surface area (Å²) in [6, 6.07) is 13.3. The van der Waals surface area contributed by atoms with E-state index in [1.54, 1.807) is 25.7 Å². The molecule has 7 heteroatoms. The first kappa shape index (κ1) is 17.0. The Morgan fingerprint density at radius 2 is 1.70 bits per heavy atom. The Morgan fingerprint density at radius 3 is 2.41 bits per heavy atom. The van der Waals surface area contributed by atoms with Crippen LogP contribution in [0, 0.1) is 12.7 Å². The molecule has 0 saturated carbocycles. The summed E-state index contributed by atoms with van der Waals surface area (Å²) in [6.45, 7) is 1.77. The Hall–Kier alpha value is -3.48. The van der Waals surface area contributed by atoms with Gasteiger partial charge in [-0.3, -0.25) is 14.3 Å². The molecular formula is C20H17FN4O2. The fourth-order valence-electron chi connectivity index (χ4n) is 3.27. The van der Waals surface area contributed by atoms with Crippen molar-refractivity contribution in [2.24, 2.45) is 12.0 Å². The Bertz CT molecular complexity index is 1160. The third-order valence-corrected chi connectivity index (χ3v) is 4.83. The van der Waals surface area contributed by atoms with E-state index in [1.165, 1.54) is 27.8 Å². The Labute approximate surface area is 154 Å². The molecule has 1 amide bonds. The minimum atomic E-state index is -0.433. The zero-order valence-electron chi connectivity index (χ0n) is 15.1. The van der Waals surface area contributed by atoms with E-state index in [0.717, 1.165) is 0 Å². The molecule has 0 spiro atoms. The third-order valence-electron chi connectivity index (χ3n) is 4.83. The summed E-state index contributed by atoms with van der Waals surface area (Å²) in [4.78, 5) is 31.4. The molecule has 0 bridgehead atoms. The summed E-state index contributed by atoms with van der Waals surface area (Å²) in [5, 5.41) is 0. The van der Waals surface area contributed by atoms with E-state index < -0.39 is 5.82 Å². The maximum absolute atomic E-state index is 13.6. The summed E-state index contributed by atoms with van der Waals surface area (Å²) in [5.74, 6) is -0.804. The zero-order valence-corrected chi connectivity index (χ0v) is 15.1. The van der Waals surface area contributed by atoms with Crippen LogP contribution in [-0.4, -0.2) is 28.0 Å². The highest BCUT2D eigenvalue weighted by Gasteiger charge is 2.32. The molecule has 136 valence electrons. The predicted molar refractivity (Wildman–Crippen MR) is 102 cm³/mol. The van der Waals surface area contributed by atoms with Crippen LogP contribution in [-0.2, 0) is 11.8 Å². The summed E-state index contributed by atoms with van der Waals surface area (Å²) in [6.07, 6.45) is 0. The first-order chi connectivity index (χ1) is 12.9. The quantitative estimate of drug-likeness (QED) is 0.702. The number of carbonyl (C=O) groups excluding carboxylic acids is 1. The van der Waals surface area contributed by atoms with Gasteiger partial charge in [-0.1, -0.05) is 18.2 Å². The molecule has 0 saturated heterocycles. The van der Waals surface area contributed by atoms with Gasteiger partial charge in [0, 0.05) is 19.7 Å². The van der Waals surface area contributed by atoms with Gasteiger partial charge in [0.25, 0.3) is 11.5 Å². The standard InChI is InChI=1S/C20H17FN4O2/c1-12-17(20(27)25(24(12)3)14-7-5-4-6-8-14)22-18-15-10-9-13(21)11-16(15)23(2)19(18)26/h4-11H,1-3H3. The van der Waals surface area contributed by atoms with Crippen LogP contribution in [0.15, 0.2) is 58.3 Å². The summed E-state index contributed by atoms with van der Waals surface area (Å²) in [5.41, 5.74) is 2.29. The molecule has 0 unspecified atom stereocenters. The van der Waals surface area contributed by atoms with Crippen LogP contribution in [0.5, 0.6) is 0 Å². The smallest absolute Gasteiger partial charge is 0.297 e. The number of aliphatic imine (C=N–C) groups is 1. The molecular weight excluding hydrogens is 347 g/mol. The minimum Gasteiger partial charge on any atom is -0.309 e. The van der Waals surface area contributed by atoms with Crippen LogP contribution in [0.25, 0.3) is 5.69 Å². The van der Waals surface area contributed by atoms with Crippen molar-refractivity contribution in [2.45, 2.75) is 6.92 Å². The Morgan fingerprint density at radius 1 is 1.00 bits per heavy atom. The molecule has 0 fully saturated rings. The average Bonchev–Trinajstić information content (AvgIpc) is 3.02. The highest BCUT2D eigenvalue weighted by Crippen LogP contribution is 2.30. The highest BCUT2D eigenvalue weighted by atomic mass is 19.1. The molecule has 2 heterocycles. The van der Waals surface area contributed by atoms with Crippen LogP contribution >= 0.6 is 0 Å². The van der Waals surface area contributed by atoms with Crippen LogP contribution in [0.4, 0.5) is 15.8 Å². The number of benzene rings is 2. The second-order valence-corrected chi connectivity index (χ2v) is 6.40. The number of likely N-dealkylation sites (N-methyl/N-ethyl adjacent to an activating group) is 1. The van der Waals surface area contributed by atoms with E-state index in [9.17, 15) is 14.0 Å². The second kappa shape index (κ2) is 6.05. The number of nitrogens with zero attached hydrogens (tertiary/aromatic N) is 4. The van der Waals surface area contributed by atoms with Crippen molar-refractivity contribution >= 4 is 23.0 Å². The largest absolute Gasteiger partial charge is 0.309 e. The first-order valence-electron chi connectivity index (χ1n) is 8.41. The number of hydrogen-bond donors (Lipinski definition) is 0. The number of hydrogen-bond acceptors (Lipinski definition) is 3. The molecule has 6 nitrogen and oxygen atoms in total. The van der Waals surface area contributed by atoms with E-state index in [-0.39, 0.29) is 22.9 Å². The van der Waals surface area contributed by atoms with Crippen LogP contribution in [0.3, 0.4) is 0 Å². The molecule has 1 aromatic heterocycles. The molecule has 0 aliphatic carbocycles. The van der Waals surface area contributed by atoms with Gasteiger partial charge >= 0.3 is 0 Å². The number of anilines is 1. The number of amides is 1. The summed E-state index contributed by atoms with van der Waals surface area (Å²) < 4.78 is 16.8. The predicted octanol–water partition coefficient (Wildman–Crippen LogP) is 2.72. The van der Waals surface area contributed by atoms with Gasteiger partial charge in [-0.25, -0.2) is 14.1 Å².